The van der Waals surface area contributed by atoms with Crippen LogP contribution in [0.15, 0.2) is 36.8 Å². The Hall–Kier alpha value is -8.78. The quantitative estimate of drug-likeness (QED) is 0.0308. The van der Waals surface area contributed by atoms with Crippen LogP contribution >= 0.6 is 0 Å². The highest BCUT2D eigenvalue weighted by atomic mass is 16.4. The van der Waals surface area contributed by atoms with Gasteiger partial charge in [-0.25, -0.2) is 9.78 Å². The lowest BCUT2D eigenvalue weighted by Crippen LogP contribution is -2.61. The zero-order valence-electron chi connectivity index (χ0n) is 47.9. The summed E-state index contributed by atoms with van der Waals surface area (Å²) in [7, 11) is 0. The predicted molar refractivity (Wildman–Crippen MR) is 295 cm³/mol. The fraction of sp³-hybridized carbons (Fsp3) is 0.585. The Labute approximate surface area is 488 Å². The zero-order chi connectivity index (χ0) is 63.8. The minimum Gasteiger partial charge on any atom is -0.508 e. The van der Waals surface area contributed by atoms with Gasteiger partial charge in [0.25, 0.3) is 0 Å². The van der Waals surface area contributed by atoms with Gasteiger partial charge < -0.3 is 94.1 Å². The van der Waals surface area contributed by atoms with Crippen molar-refractivity contribution in [3.8, 4) is 5.75 Å². The van der Waals surface area contributed by atoms with Crippen molar-refractivity contribution in [1.82, 2.24) is 62.7 Å². The van der Waals surface area contributed by atoms with E-state index in [2.05, 4.69) is 57.8 Å². The summed E-state index contributed by atoms with van der Waals surface area (Å²) in [6.07, 6.45) is -1.29. The molecule has 32 heteroatoms. The lowest BCUT2D eigenvalue weighted by molar-refractivity contribution is -0.143. The molecule has 0 unspecified atom stereocenters. The van der Waals surface area contributed by atoms with E-state index in [1.807, 2.05) is 0 Å². The number of phenols is 1. The van der Waals surface area contributed by atoms with E-state index in [4.69, 9.17) is 5.73 Å². The van der Waals surface area contributed by atoms with Gasteiger partial charge in [0.1, 0.15) is 66.2 Å². The molecule has 18 N–H and O–H groups in total. The van der Waals surface area contributed by atoms with Gasteiger partial charge in [0.2, 0.25) is 59.1 Å². The number of carbonyl (C=O) groups excluding carboxylic acids is 10. The number of benzene rings is 1. The molecule has 1 aromatic carbocycles. The van der Waals surface area contributed by atoms with E-state index >= 15 is 0 Å². The topological polar surface area (TPSA) is 509 Å². The van der Waals surface area contributed by atoms with Crippen molar-refractivity contribution >= 4 is 77.0 Å². The molecule has 85 heavy (non-hydrogen) atoms. The van der Waals surface area contributed by atoms with E-state index in [-0.39, 0.29) is 55.4 Å². The van der Waals surface area contributed by atoms with E-state index in [0.717, 1.165) is 0 Å². The number of aromatic amines is 1. The molecule has 0 spiro atoms. The molecule has 10 amide bonds. The van der Waals surface area contributed by atoms with Crippen LogP contribution in [0.25, 0.3) is 0 Å². The van der Waals surface area contributed by atoms with Gasteiger partial charge in [-0.15, -0.1) is 0 Å². The number of aliphatic carboxylic acids is 3. The molecule has 0 radical (unpaired) electrons. The fourth-order valence-corrected chi connectivity index (χ4v) is 8.69. The first-order valence-electron chi connectivity index (χ1n) is 27.4. The van der Waals surface area contributed by atoms with Gasteiger partial charge in [0.05, 0.1) is 32.0 Å². The average Bonchev–Trinajstić information content (AvgIpc) is 4.14. The van der Waals surface area contributed by atoms with Crippen LogP contribution in [-0.4, -0.2) is 209 Å². The zero-order valence-corrected chi connectivity index (χ0v) is 47.9. The van der Waals surface area contributed by atoms with Crippen LogP contribution in [0.5, 0.6) is 5.75 Å². The largest absolute Gasteiger partial charge is 0.508 e. The Morgan fingerprint density at radius 2 is 1.20 bits per heavy atom. The molecule has 11 atom stereocenters. The van der Waals surface area contributed by atoms with Gasteiger partial charge in [-0.3, -0.25) is 57.5 Å². The summed E-state index contributed by atoms with van der Waals surface area (Å²) in [6.45, 7) is 7.79. The number of carboxylic acids is 3. The third-order valence-electron chi connectivity index (χ3n) is 13.2. The van der Waals surface area contributed by atoms with Crippen molar-refractivity contribution in [2.75, 3.05) is 19.7 Å². The molecule has 1 aliphatic rings. The maximum atomic E-state index is 14.2. The summed E-state index contributed by atoms with van der Waals surface area (Å²) in [5.74, 6) is -15.1. The van der Waals surface area contributed by atoms with E-state index < -0.39 is 182 Å². The van der Waals surface area contributed by atoms with E-state index in [0.29, 0.717) is 12.1 Å². The Morgan fingerprint density at radius 3 is 1.76 bits per heavy atom. The number of carbonyl (C=O) groups is 13. The van der Waals surface area contributed by atoms with Gasteiger partial charge in [-0.05, 0) is 75.5 Å². The van der Waals surface area contributed by atoms with Gasteiger partial charge in [0.15, 0.2) is 0 Å². The molecule has 0 aliphatic carbocycles. The maximum absolute atomic E-state index is 14.2. The maximum Gasteiger partial charge on any atom is 0.326 e. The number of carboxylic acid groups (broad SMARTS) is 3. The molecule has 2 heterocycles. The van der Waals surface area contributed by atoms with Gasteiger partial charge in [-0.1, -0.05) is 39.8 Å². The third kappa shape index (κ3) is 23.8. The number of amides is 10. The van der Waals surface area contributed by atoms with Gasteiger partial charge in [0, 0.05) is 37.7 Å². The lowest BCUT2D eigenvalue weighted by atomic mass is 10.0. The highest BCUT2D eigenvalue weighted by molar-refractivity contribution is 5.99. The molecule has 1 aromatic heterocycles. The second-order valence-corrected chi connectivity index (χ2v) is 21.4. The summed E-state index contributed by atoms with van der Waals surface area (Å²) in [4.78, 5) is 179. The molecule has 1 aliphatic heterocycles. The minimum absolute atomic E-state index is 0.00412. The second-order valence-electron chi connectivity index (χ2n) is 21.4. The monoisotopic (exact) mass is 1200 g/mol. The van der Waals surface area contributed by atoms with Gasteiger partial charge >= 0.3 is 17.9 Å². The third-order valence-corrected chi connectivity index (χ3v) is 13.2. The van der Waals surface area contributed by atoms with E-state index in [9.17, 15) is 93.0 Å². The molecule has 0 saturated carbocycles. The number of aliphatic hydroxyl groups is 2. The van der Waals surface area contributed by atoms with Crippen molar-refractivity contribution in [2.45, 2.75) is 166 Å². The molecule has 0 bridgehead atoms. The van der Waals surface area contributed by atoms with Crippen LogP contribution in [0.2, 0.25) is 0 Å². The van der Waals surface area contributed by atoms with Crippen LogP contribution in [0, 0.1) is 11.8 Å². The minimum atomic E-state index is -2.07. The number of rotatable bonds is 35. The summed E-state index contributed by atoms with van der Waals surface area (Å²) in [5.41, 5.74) is 6.28. The summed E-state index contributed by atoms with van der Waals surface area (Å²) >= 11 is 0. The molecular weight excluding hydrogens is 1120 g/mol. The number of aromatic nitrogens is 2. The highest BCUT2D eigenvalue weighted by Gasteiger charge is 2.40. The van der Waals surface area contributed by atoms with Crippen LogP contribution < -0.4 is 53.6 Å². The van der Waals surface area contributed by atoms with Crippen molar-refractivity contribution in [3.63, 3.8) is 0 Å². The number of nitrogens with two attached hydrogens (primary N) is 1. The molecule has 32 nitrogen and oxygen atoms in total. The van der Waals surface area contributed by atoms with Crippen molar-refractivity contribution in [2.24, 2.45) is 17.6 Å². The Bertz CT molecular complexity index is 2670. The van der Waals surface area contributed by atoms with E-state index in [1.165, 1.54) is 55.5 Å². The van der Waals surface area contributed by atoms with Crippen LogP contribution in [0.1, 0.15) is 97.7 Å². The number of hydrogen-bond donors (Lipinski definition) is 17. The summed E-state index contributed by atoms with van der Waals surface area (Å²) in [5, 5.41) is 80.3. The first-order chi connectivity index (χ1) is 39.9. The van der Waals surface area contributed by atoms with Gasteiger partial charge in [-0.2, -0.15) is 0 Å². The summed E-state index contributed by atoms with van der Waals surface area (Å²) in [6, 6.07) is -10.4. The first kappa shape index (κ1) is 70.5. The molecule has 470 valence electrons. The fourth-order valence-electron chi connectivity index (χ4n) is 8.69. The number of nitrogens with one attached hydrogen (secondary N) is 10. The number of nitrogens with zero attached hydrogens (tertiary/aromatic N) is 2. The standard InChI is InChI=1S/C53H79N13O19/c1-25(2)16-33(46(77)64-37(53(84)85)19-30-21-55-24-57-30)61-44(75)27(5)58-45(76)32(13-14-41(71)72)60-48(79)35(20-42(73)74)63-47(78)34(18-29-9-11-31(69)12-10-29)62-49(80)38(23-67)65-50(81)39-8-7-15-66(39)52(83)36(17-26(3)4)59-40(70)22-56-51(82)43(54)28(6)68/h9-12,21,24-28,32-39,43,67-69H,7-8,13-20,22-23,54H2,1-6H3,(H,55,57)(H,56,82)(H,58,76)(H,59,70)(H,60,79)(H,61,75)(H,62,80)(H,63,78)(H,64,77)(H,65,81)(H,71,72)(H,73,74)(H,84,85)/t27-,28+,32-,33-,34-,35-,36-,37-,38-,39-,43-/m0/s1. The van der Waals surface area contributed by atoms with Crippen LogP contribution in [-0.2, 0) is 75.2 Å². The van der Waals surface area contributed by atoms with Crippen LogP contribution in [0.3, 0.4) is 0 Å². The molecule has 2 aromatic rings. The van der Waals surface area contributed by atoms with Crippen molar-refractivity contribution in [3.05, 3.63) is 48.0 Å². The highest BCUT2D eigenvalue weighted by Crippen LogP contribution is 2.21. The Balaban J connectivity index is 1.82. The number of H-pyrrole nitrogens is 1. The summed E-state index contributed by atoms with van der Waals surface area (Å²) < 4.78 is 0. The number of hydrogen-bond acceptors (Lipinski definition) is 18. The Kier molecular flexibility index (Phi) is 28.3. The SMILES string of the molecule is CC(C)C[C@H](NC(=O)[C@H](C)NC(=O)[C@H](CCC(=O)O)NC(=O)[C@H](CC(=O)O)NC(=O)[C@H](Cc1ccc(O)cc1)NC(=O)[C@H](CO)NC(=O)[C@@H]1CCCN1C(=O)[C@H](CC(C)C)NC(=O)CNC(=O)[C@@H](N)[C@@H](C)O)C(=O)N[C@@H](Cc1cnc[nH]1)C(=O)O. The average molecular weight is 1200 g/mol. The van der Waals surface area contributed by atoms with E-state index in [1.54, 1.807) is 27.7 Å². The number of likely N-dealkylation sites (tertiary alicyclic amines) is 1. The van der Waals surface area contributed by atoms with Crippen molar-refractivity contribution < 1.29 is 93.0 Å². The molecule has 3 rings (SSSR count). The lowest BCUT2D eigenvalue weighted by Gasteiger charge is -2.30. The Morgan fingerprint density at radius 1 is 0.647 bits per heavy atom. The smallest absolute Gasteiger partial charge is 0.326 e. The first-order valence-corrected chi connectivity index (χ1v) is 27.4. The number of aliphatic hydroxyl groups excluding tert-OH is 2. The predicted octanol–water partition coefficient (Wildman–Crippen LogP) is -4.88. The molecular formula is C53H79N13O19. The number of phenolic OH excluding ortho intramolecular Hbond substituents is 1. The molecule has 1 saturated heterocycles. The molecule has 1 fully saturated rings. The number of aromatic hydroxyl groups is 1. The van der Waals surface area contributed by atoms with Crippen molar-refractivity contribution in [1.29, 1.82) is 0 Å². The number of imidazole rings is 1. The van der Waals surface area contributed by atoms with Crippen LogP contribution in [0.4, 0.5) is 0 Å². The normalized spacial score (nSPS) is 16.5. The second kappa shape index (κ2) is 34.1.